The molecule has 0 rings (SSSR count). The SMILES string of the molecule is C[S+](C)[O-].OCC(O)CO.OCCO. The normalized spacial score (nSPS) is 9.00. The number of rotatable bonds is 3. The van der Waals surface area contributed by atoms with Gasteiger partial charge in [-0.15, -0.1) is 0 Å². The molecule has 6 nitrogen and oxygen atoms in total. The van der Waals surface area contributed by atoms with Gasteiger partial charge < -0.3 is 30.1 Å². The van der Waals surface area contributed by atoms with Crippen molar-refractivity contribution < 1.29 is 30.1 Å². The van der Waals surface area contributed by atoms with Gasteiger partial charge in [-0.25, -0.2) is 0 Å². The van der Waals surface area contributed by atoms with Crippen molar-refractivity contribution in [1.29, 1.82) is 0 Å². The van der Waals surface area contributed by atoms with E-state index >= 15 is 0 Å². The standard InChI is InChI=1S/C3H8O3.C2H6O2.C2H6OS/c4-1-3(6)2-5;3-1-2-4;1-4(2)3/h3-6H,1-2H2;3-4H,1-2H2;1-2H3. The van der Waals surface area contributed by atoms with Gasteiger partial charge in [-0.2, -0.15) is 0 Å². The maximum absolute atomic E-state index is 9.56. The van der Waals surface area contributed by atoms with Crippen LogP contribution in [0, 0.1) is 0 Å². The second-order valence-corrected chi connectivity index (χ2v) is 3.69. The fraction of sp³-hybridized carbons (Fsp3) is 1.00. The molecule has 0 aliphatic heterocycles. The Morgan fingerprint density at radius 3 is 1.21 bits per heavy atom. The second-order valence-electron chi connectivity index (χ2n) is 2.21. The van der Waals surface area contributed by atoms with Gasteiger partial charge in [0.05, 0.1) is 38.9 Å². The van der Waals surface area contributed by atoms with Gasteiger partial charge >= 0.3 is 0 Å². The molecule has 0 saturated heterocycles. The summed E-state index contributed by atoms with van der Waals surface area (Å²) in [7, 11) is 0. The minimum absolute atomic E-state index is 0.125. The van der Waals surface area contributed by atoms with E-state index in [2.05, 4.69) is 0 Å². The van der Waals surface area contributed by atoms with Crippen LogP contribution < -0.4 is 0 Å². The van der Waals surface area contributed by atoms with Crippen LogP contribution in [0.3, 0.4) is 0 Å². The lowest BCUT2D eigenvalue weighted by Gasteiger charge is -1.96. The fourth-order valence-electron chi connectivity index (χ4n) is 0.0577. The topological polar surface area (TPSA) is 124 Å². The Bertz CT molecular complexity index is 73.8. The van der Waals surface area contributed by atoms with Gasteiger partial charge in [0.25, 0.3) is 0 Å². The smallest absolute Gasteiger partial charge is 0.100 e. The van der Waals surface area contributed by atoms with Crippen molar-refractivity contribution in [2.45, 2.75) is 6.10 Å². The number of hydrogen-bond acceptors (Lipinski definition) is 6. The molecule has 0 radical (unpaired) electrons. The molecule has 0 spiro atoms. The molecule has 0 heterocycles. The van der Waals surface area contributed by atoms with Crippen LogP contribution in [0.15, 0.2) is 0 Å². The Kier molecular flexibility index (Phi) is 26.4. The third-order valence-electron chi connectivity index (χ3n) is 0.521. The van der Waals surface area contributed by atoms with Crippen molar-refractivity contribution in [3.05, 3.63) is 0 Å². The molecule has 0 saturated carbocycles. The highest BCUT2D eigenvalue weighted by atomic mass is 32.2. The first kappa shape index (κ1) is 19.6. The van der Waals surface area contributed by atoms with E-state index in [4.69, 9.17) is 25.5 Å². The largest absolute Gasteiger partial charge is 0.617 e. The van der Waals surface area contributed by atoms with Crippen LogP contribution in [0.5, 0.6) is 0 Å². The van der Waals surface area contributed by atoms with Gasteiger partial charge in [-0.1, -0.05) is 11.2 Å². The molecule has 0 aromatic carbocycles. The van der Waals surface area contributed by atoms with E-state index in [0.29, 0.717) is 0 Å². The van der Waals surface area contributed by atoms with Crippen molar-refractivity contribution in [3.8, 4) is 0 Å². The van der Waals surface area contributed by atoms with Crippen molar-refractivity contribution in [3.63, 3.8) is 0 Å². The average Bonchev–Trinajstić information content (AvgIpc) is 2.16. The molecule has 0 bridgehead atoms. The number of aliphatic hydroxyl groups is 5. The number of aliphatic hydroxyl groups excluding tert-OH is 5. The highest BCUT2D eigenvalue weighted by molar-refractivity contribution is 7.89. The first-order chi connectivity index (χ1) is 6.45. The second kappa shape index (κ2) is 18.8. The summed E-state index contributed by atoms with van der Waals surface area (Å²) in [6.07, 6.45) is 2.32. The summed E-state index contributed by atoms with van der Waals surface area (Å²) in [5.41, 5.74) is 0. The van der Waals surface area contributed by atoms with Crippen LogP contribution in [-0.4, -0.2) is 75.1 Å². The Hall–Kier alpha value is 0.110. The van der Waals surface area contributed by atoms with Crippen LogP contribution in [-0.2, 0) is 11.2 Å². The lowest BCUT2D eigenvalue weighted by atomic mass is 10.4. The molecular formula is C7H20O6S. The Morgan fingerprint density at radius 1 is 1.00 bits per heavy atom. The zero-order chi connectivity index (χ0) is 12.0. The highest BCUT2D eigenvalue weighted by Gasteiger charge is 1.93. The third kappa shape index (κ3) is 57.2. The number of hydrogen-bond donors (Lipinski definition) is 5. The van der Waals surface area contributed by atoms with Crippen LogP contribution in [0.1, 0.15) is 0 Å². The fourth-order valence-corrected chi connectivity index (χ4v) is 0.0577. The summed E-state index contributed by atoms with van der Waals surface area (Å²) in [6.45, 7) is -0.979. The molecular weight excluding hydrogens is 212 g/mol. The maximum Gasteiger partial charge on any atom is 0.100 e. The van der Waals surface area contributed by atoms with Crippen LogP contribution in [0.2, 0.25) is 0 Å². The van der Waals surface area contributed by atoms with Crippen molar-refractivity contribution in [1.82, 2.24) is 0 Å². The van der Waals surface area contributed by atoms with E-state index in [-0.39, 0.29) is 26.4 Å². The molecule has 90 valence electrons. The molecule has 0 aliphatic carbocycles. The van der Waals surface area contributed by atoms with Crippen molar-refractivity contribution >= 4 is 11.2 Å². The molecule has 0 amide bonds. The lowest BCUT2D eigenvalue weighted by Crippen LogP contribution is -2.15. The van der Waals surface area contributed by atoms with Crippen LogP contribution in [0.25, 0.3) is 0 Å². The maximum atomic E-state index is 9.56. The van der Waals surface area contributed by atoms with E-state index in [1.807, 2.05) is 0 Å². The van der Waals surface area contributed by atoms with Crippen LogP contribution >= 0.6 is 0 Å². The molecule has 14 heavy (non-hydrogen) atoms. The first-order valence-corrected chi connectivity index (χ1v) is 5.79. The molecule has 0 aromatic rings. The quantitative estimate of drug-likeness (QED) is 0.337. The summed E-state index contributed by atoms with van der Waals surface area (Å²) in [4.78, 5) is 0. The van der Waals surface area contributed by atoms with Gasteiger partial charge in [0.1, 0.15) is 6.10 Å². The molecule has 0 unspecified atom stereocenters. The predicted molar refractivity (Wildman–Crippen MR) is 54.3 cm³/mol. The average molecular weight is 232 g/mol. The summed E-state index contributed by atoms with van der Waals surface area (Å²) < 4.78 is 9.56. The highest BCUT2D eigenvalue weighted by Crippen LogP contribution is 1.71. The minimum atomic E-state index is -0.954. The van der Waals surface area contributed by atoms with E-state index in [9.17, 15) is 4.55 Å². The Balaban J connectivity index is -0.000000135. The van der Waals surface area contributed by atoms with E-state index in [0.717, 1.165) is 0 Å². The molecule has 0 aliphatic rings. The summed E-state index contributed by atoms with van der Waals surface area (Å²) >= 11 is -0.611. The molecule has 5 N–H and O–H groups in total. The Morgan fingerprint density at radius 2 is 1.21 bits per heavy atom. The molecule has 0 atom stereocenters. The first-order valence-electron chi connectivity index (χ1n) is 3.82. The van der Waals surface area contributed by atoms with E-state index in [1.165, 1.54) is 0 Å². The monoisotopic (exact) mass is 232 g/mol. The van der Waals surface area contributed by atoms with Gasteiger partial charge in [-0.3, -0.25) is 0 Å². The zero-order valence-corrected chi connectivity index (χ0v) is 9.27. The van der Waals surface area contributed by atoms with Gasteiger partial charge in [-0.05, 0) is 0 Å². The Labute approximate surface area is 87.0 Å². The van der Waals surface area contributed by atoms with Gasteiger partial charge in [0.15, 0.2) is 0 Å². The predicted octanol–water partition coefficient (Wildman–Crippen LogP) is -2.70. The van der Waals surface area contributed by atoms with Crippen molar-refractivity contribution in [2.24, 2.45) is 0 Å². The van der Waals surface area contributed by atoms with Crippen LogP contribution in [0.4, 0.5) is 0 Å². The molecule has 7 heteroatoms. The molecule has 0 fully saturated rings. The van der Waals surface area contributed by atoms with E-state index in [1.54, 1.807) is 12.5 Å². The lowest BCUT2D eigenvalue weighted by molar-refractivity contribution is 0.0450. The van der Waals surface area contributed by atoms with E-state index < -0.39 is 17.3 Å². The van der Waals surface area contributed by atoms with Gasteiger partial charge in [0.2, 0.25) is 0 Å². The summed E-state index contributed by atoms with van der Waals surface area (Å²) in [5, 5.41) is 39.3. The summed E-state index contributed by atoms with van der Waals surface area (Å²) in [5.74, 6) is 0. The minimum Gasteiger partial charge on any atom is -0.617 e. The zero-order valence-electron chi connectivity index (χ0n) is 8.46. The molecule has 0 aromatic heterocycles. The summed E-state index contributed by atoms with van der Waals surface area (Å²) in [6, 6.07) is 0. The third-order valence-corrected chi connectivity index (χ3v) is 0.521. The van der Waals surface area contributed by atoms with Crippen molar-refractivity contribution in [2.75, 3.05) is 38.9 Å². The van der Waals surface area contributed by atoms with Gasteiger partial charge in [0, 0.05) is 0 Å².